The minimum absolute atomic E-state index is 0.00605. The Labute approximate surface area is 147 Å². The fourth-order valence-electron chi connectivity index (χ4n) is 3.22. The summed E-state index contributed by atoms with van der Waals surface area (Å²) in [6.45, 7) is 8.17. The highest BCUT2D eigenvalue weighted by Crippen LogP contribution is 2.21. The number of nitrogens with zero attached hydrogens (tertiary/aromatic N) is 2. The van der Waals surface area contributed by atoms with Crippen LogP contribution in [0.4, 0.5) is 0 Å². The molecule has 2 N–H and O–H groups in total. The van der Waals surface area contributed by atoms with E-state index in [0.29, 0.717) is 11.5 Å². The van der Waals surface area contributed by atoms with Gasteiger partial charge in [0.05, 0.1) is 17.5 Å². The van der Waals surface area contributed by atoms with Gasteiger partial charge in [-0.2, -0.15) is 5.10 Å². The van der Waals surface area contributed by atoms with Crippen molar-refractivity contribution in [2.45, 2.75) is 39.2 Å². The van der Waals surface area contributed by atoms with Crippen LogP contribution in [0, 0.1) is 5.92 Å². The smallest absolute Gasteiger partial charge is 0.254 e. The van der Waals surface area contributed by atoms with Crippen molar-refractivity contribution in [2.24, 2.45) is 5.92 Å². The van der Waals surface area contributed by atoms with Gasteiger partial charge in [0.1, 0.15) is 0 Å². The predicted molar refractivity (Wildman–Crippen MR) is 97.3 cm³/mol. The van der Waals surface area contributed by atoms with Crippen LogP contribution in [0.15, 0.2) is 23.7 Å². The molecule has 0 unspecified atom stereocenters. The lowest BCUT2D eigenvalue weighted by molar-refractivity contribution is 0.0934. The summed E-state index contributed by atoms with van der Waals surface area (Å²) in [5.41, 5.74) is 1.60. The Balaban J connectivity index is 1.43. The van der Waals surface area contributed by atoms with Crippen LogP contribution in [0.25, 0.3) is 0 Å². The molecule has 0 aromatic carbocycles. The van der Waals surface area contributed by atoms with Crippen LogP contribution in [-0.2, 0) is 6.54 Å². The lowest BCUT2D eigenvalue weighted by Crippen LogP contribution is -2.38. The number of amides is 1. The van der Waals surface area contributed by atoms with E-state index >= 15 is 0 Å². The molecule has 0 saturated carbocycles. The van der Waals surface area contributed by atoms with Gasteiger partial charge in [-0.15, -0.1) is 11.3 Å². The second-order valence-electron chi connectivity index (χ2n) is 6.86. The molecule has 0 spiro atoms. The highest BCUT2D eigenvalue weighted by Gasteiger charge is 2.21. The Morgan fingerprint density at radius 1 is 1.46 bits per heavy atom. The van der Waals surface area contributed by atoms with E-state index in [1.807, 2.05) is 11.3 Å². The van der Waals surface area contributed by atoms with Crippen molar-refractivity contribution in [1.82, 2.24) is 20.4 Å². The van der Waals surface area contributed by atoms with Crippen molar-refractivity contribution >= 4 is 17.2 Å². The maximum absolute atomic E-state index is 12.4. The molecule has 24 heavy (non-hydrogen) atoms. The van der Waals surface area contributed by atoms with Crippen molar-refractivity contribution in [1.29, 1.82) is 0 Å². The quantitative estimate of drug-likeness (QED) is 0.844. The van der Waals surface area contributed by atoms with Crippen molar-refractivity contribution < 1.29 is 4.79 Å². The minimum atomic E-state index is -0.00605. The maximum atomic E-state index is 12.4. The van der Waals surface area contributed by atoms with Crippen LogP contribution in [-0.4, -0.2) is 40.6 Å². The van der Waals surface area contributed by atoms with E-state index in [-0.39, 0.29) is 11.8 Å². The standard InChI is InChI=1S/C18H26N4OS/c1-13(2)17-16(11-20-21-17)18(23)19-10-14-5-7-22(8-6-14)12-15-4-3-9-24-15/h3-4,9,11,13-14H,5-8,10,12H2,1-2H3,(H,19,23)(H,20,21). The highest BCUT2D eigenvalue weighted by molar-refractivity contribution is 7.09. The van der Waals surface area contributed by atoms with Crippen molar-refractivity contribution in [2.75, 3.05) is 19.6 Å². The summed E-state index contributed by atoms with van der Waals surface area (Å²) >= 11 is 1.83. The number of H-pyrrole nitrogens is 1. The van der Waals surface area contributed by atoms with Gasteiger partial charge in [0.15, 0.2) is 0 Å². The molecule has 1 aliphatic rings. The van der Waals surface area contributed by atoms with E-state index in [2.05, 4.69) is 51.8 Å². The number of likely N-dealkylation sites (tertiary alicyclic amines) is 1. The number of hydrogen-bond donors (Lipinski definition) is 2. The zero-order valence-electron chi connectivity index (χ0n) is 14.4. The molecule has 0 aliphatic carbocycles. The molecule has 0 radical (unpaired) electrons. The molecule has 1 fully saturated rings. The zero-order valence-corrected chi connectivity index (χ0v) is 15.2. The van der Waals surface area contributed by atoms with Crippen molar-refractivity contribution in [3.05, 3.63) is 39.8 Å². The third kappa shape index (κ3) is 4.24. The molecule has 6 heteroatoms. The van der Waals surface area contributed by atoms with Crippen LogP contribution in [0.3, 0.4) is 0 Å². The van der Waals surface area contributed by atoms with E-state index in [1.54, 1.807) is 6.20 Å². The number of aromatic amines is 1. The Morgan fingerprint density at radius 3 is 2.92 bits per heavy atom. The first-order valence-electron chi connectivity index (χ1n) is 8.69. The second kappa shape index (κ2) is 7.94. The number of rotatable bonds is 6. The molecule has 5 nitrogen and oxygen atoms in total. The summed E-state index contributed by atoms with van der Waals surface area (Å²) < 4.78 is 0. The fourth-order valence-corrected chi connectivity index (χ4v) is 3.97. The number of piperidine rings is 1. The van der Waals surface area contributed by atoms with Gasteiger partial charge < -0.3 is 5.32 Å². The third-order valence-electron chi connectivity index (χ3n) is 4.71. The van der Waals surface area contributed by atoms with Gasteiger partial charge in [-0.05, 0) is 49.2 Å². The van der Waals surface area contributed by atoms with Crippen LogP contribution in [0.5, 0.6) is 0 Å². The number of thiophene rings is 1. The van der Waals surface area contributed by atoms with Gasteiger partial charge in [0.25, 0.3) is 5.91 Å². The van der Waals surface area contributed by atoms with E-state index < -0.39 is 0 Å². The number of aromatic nitrogens is 2. The van der Waals surface area contributed by atoms with Gasteiger partial charge in [-0.1, -0.05) is 19.9 Å². The summed E-state index contributed by atoms with van der Waals surface area (Å²) in [5.74, 6) is 0.838. The van der Waals surface area contributed by atoms with Crippen molar-refractivity contribution in [3.8, 4) is 0 Å². The molecule has 1 aliphatic heterocycles. The monoisotopic (exact) mass is 346 g/mol. The molecule has 1 saturated heterocycles. The topological polar surface area (TPSA) is 61.0 Å². The van der Waals surface area contributed by atoms with E-state index in [4.69, 9.17) is 0 Å². The molecular weight excluding hydrogens is 320 g/mol. The van der Waals surface area contributed by atoms with Gasteiger partial charge >= 0.3 is 0 Å². The molecular formula is C18H26N4OS. The van der Waals surface area contributed by atoms with Crippen molar-refractivity contribution in [3.63, 3.8) is 0 Å². The summed E-state index contributed by atoms with van der Waals surface area (Å²) in [6, 6.07) is 4.32. The minimum Gasteiger partial charge on any atom is -0.352 e. The Bertz CT molecular complexity index is 642. The van der Waals surface area contributed by atoms with Gasteiger partial charge in [-0.25, -0.2) is 0 Å². The Morgan fingerprint density at radius 2 is 2.25 bits per heavy atom. The average molecular weight is 347 g/mol. The summed E-state index contributed by atoms with van der Waals surface area (Å²) in [4.78, 5) is 16.3. The molecule has 130 valence electrons. The molecule has 3 rings (SSSR count). The lowest BCUT2D eigenvalue weighted by Gasteiger charge is -2.31. The molecule has 1 amide bonds. The SMILES string of the molecule is CC(C)c1[nH]ncc1C(=O)NCC1CCN(Cc2cccs2)CC1. The number of carbonyl (C=O) groups is 1. The molecule has 2 aromatic rings. The average Bonchev–Trinajstić information content (AvgIpc) is 3.25. The van der Waals surface area contributed by atoms with Crippen LogP contribution in [0.1, 0.15) is 53.5 Å². The first-order chi connectivity index (χ1) is 11.6. The van der Waals surface area contributed by atoms with Crippen LogP contribution in [0.2, 0.25) is 0 Å². The van der Waals surface area contributed by atoms with Gasteiger partial charge in [-0.3, -0.25) is 14.8 Å². The number of carbonyl (C=O) groups excluding carboxylic acids is 1. The molecule has 0 atom stereocenters. The highest BCUT2D eigenvalue weighted by atomic mass is 32.1. The van der Waals surface area contributed by atoms with E-state index in [9.17, 15) is 4.79 Å². The first kappa shape index (κ1) is 17.2. The first-order valence-corrected chi connectivity index (χ1v) is 9.57. The second-order valence-corrected chi connectivity index (χ2v) is 7.89. The predicted octanol–water partition coefficient (Wildman–Crippen LogP) is 3.24. The maximum Gasteiger partial charge on any atom is 0.254 e. The van der Waals surface area contributed by atoms with Crippen LogP contribution < -0.4 is 5.32 Å². The van der Waals surface area contributed by atoms with E-state index in [1.165, 1.54) is 4.88 Å². The number of hydrogen-bond acceptors (Lipinski definition) is 4. The number of nitrogens with one attached hydrogen (secondary N) is 2. The molecule has 3 heterocycles. The summed E-state index contributed by atoms with van der Waals surface area (Å²) in [7, 11) is 0. The largest absolute Gasteiger partial charge is 0.352 e. The van der Waals surface area contributed by atoms with Crippen LogP contribution >= 0.6 is 11.3 Å². The normalized spacial score (nSPS) is 16.6. The third-order valence-corrected chi connectivity index (χ3v) is 5.57. The van der Waals surface area contributed by atoms with Gasteiger partial charge in [0.2, 0.25) is 0 Å². The summed E-state index contributed by atoms with van der Waals surface area (Å²) in [5, 5.41) is 12.2. The van der Waals surface area contributed by atoms with E-state index in [0.717, 1.165) is 44.7 Å². The molecule has 0 bridgehead atoms. The Hall–Kier alpha value is -1.66. The zero-order chi connectivity index (χ0) is 16.9. The fraction of sp³-hybridized carbons (Fsp3) is 0.556. The van der Waals surface area contributed by atoms with Gasteiger partial charge in [0, 0.05) is 18.0 Å². The molecule has 2 aromatic heterocycles. The summed E-state index contributed by atoms with van der Waals surface area (Å²) in [6.07, 6.45) is 3.93. The Kier molecular flexibility index (Phi) is 5.68. The lowest BCUT2D eigenvalue weighted by atomic mass is 9.96.